The molecule has 1 unspecified atom stereocenters. The molecule has 0 aliphatic carbocycles. The Morgan fingerprint density at radius 3 is 1.86 bits per heavy atom. The van der Waals surface area contributed by atoms with E-state index in [0.29, 0.717) is 25.3 Å². The highest BCUT2D eigenvalue weighted by atomic mass is 32.2. The molecule has 0 amide bonds. The fraction of sp³-hybridized carbons (Fsp3) is 1.00. The van der Waals surface area contributed by atoms with Crippen LogP contribution in [0.1, 0.15) is 52.9 Å². The standard InChI is InChI=1S/C19H39N3O4S2/c1-16(2)21-11-6-18(7-12-21)20(4)28(25,26)15-10-17(3)22-13-8-19(9-14-22)27(5,23)24/h16-19H,6-15H2,1-5H3. The second-order valence-electron chi connectivity index (χ2n) is 8.90. The molecular formula is C19H39N3O4S2. The summed E-state index contributed by atoms with van der Waals surface area (Å²) in [6.45, 7) is 9.77. The van der Waals surface area contributed by atoms with E-state index >= 15 is 0 Å². The Balaban J connectivity index is 1.81. The van der Waals surface area contributed by atoms with Gasteiger partial charge in [0.05, 0.1) is 11.0 Å². The van der Waals surface area contributed by atoms with Gasteiger partial charge < -0.3 is 9.80 Å². The molecule has 9 heteroatoms. The molecule has 2 rings (SSSR count). The van der Waals surface area contributed by atoms with Crippen LogP contribution in [0.5, 0.6) is 0 Å². The maximum atomic E-state index is 12.8. The van der Waals surface area contributed by atoms with Gasteiger partial charge >= 0.3 is 0 Å². The lowest BCUT2D eigenvalue weighted by molar-refractivity contribution is 0.140. The summed E-state index contributed by atoms with van der Waals surface area (Å²) in [4.78, 5) is 4.64. The number of sulfone groups is 1. The van der Waals surface area contributed by atoms with Gasteiger partial charge in [0.25, 0.3) is 0 Å². The molecule has 2 aliphatic rings. The molecule has 0 bridgehead atoms. The predicted molar refractivity (Wildman–Crippen MR) is 115 cm³/mol. The first-order valence-corrected chi connectivity index (χ1v) is 14.1. The molecule has 7 nitrogen and oxygen atoms in total. The van der Waals surface area contributed by atoms with Gasteiger partial charge in [0.1, 0.15) is 9.84 Å². The Hall–Kier alpha value is -0.220. The van der Waals surface area contributed by atoms with Crippen molar-refractivity contribution < 1.29 is 16.8 Å². The second-order valence-corrected chi connectivity index (χ2v) is 13.4. The molecule has 0 radical (unpaired) electrons. The van der Waals surface area contributed by atoms with Gasteiger partial charge in [0, 0.05) is 31.4 Å². The SMILES string of the molecule is CC(C)N1CCC(N(C)S(=O)(=O)CCC(C)N2CCC(S(C)(=O)=O)CC2)CC1. The van der Waals surface area contributed by atoms with Crippen LogP contribution in [0.4, 0.5) is 0 Å². The Morgan fingerprint density at radius 1 is 0.893 bits per heavy atom. The van der Waals surface area contributed by atoms with Crippen LogP contribution in [-0.2, 0) is 19.9 Å². The van der Waals surface area contributed by atoms with Crippen molar-refractivity contribution >= 4 is 19.9 Å². The zero-order valence-corrected chi connectivity index (χ0v) is 19.8. The Morgan fingerprint density at radius 2 is 1.39 bits per heavy atom. The summed E-state index contributed by atoms with van der Waals surface area (Å²) in [6.07, 6.45) is 4.96. The molecule has 0 spiro atoms. The minimum atomic E-state index is -3.27. The molecule has 0 aromatic rings. The average molecular weight is 438 g/mol. The van der Waals surface area contributed by atoms with Gasteiger partial charge in [-0.05, 0) is 79.1 Å². The third kappa shape index (κ3) is 6.39. The fourth-order valence-corrected chi connectivity index (χ4v) is 7.04. The summed E-state index contributed by atoms with van der Waals surface area (Å²) in [7, 11) is -4.52. The maximum Gasteiger partial charge on any atom is 0.214 e. The van der Waals surface area contributed by atoms with Gasteiger partial charge in [-0.1, -0.05) is 0 Å². The summed E-state index contributed by atoms with van der Waals surface area (Å²) in [6, 6.07) is 0.753. The van der Waals surface area contributed by atoms with Crippen molar-refractivity contribution in [2.45, 2.75) is 76.3 Å². The Labute approximate surface area is 172 Å². The Kier molecular flexibility index (Phi) is 8.35. The normalized spacial score (nSPS) is 23.5. The summed E-state index contributed by atoms with van der Waals surface area (Å²) in [5.74, 6) is 0.154. The van der Waals surface area contributed by atoms with Gasteiger partial charge in [0.15, 0.2) is 0 Å². The highest BCUT2D eigenvalue weighted by molar-refractivity contribution is 7.91. The lowest BCUT2D eigenvalue weighted by atomic mass is 10.0. The van der Waals surface area contributed by atoms with Crippen LogP contribution in [0.15, 0.2) is 0 Å². The molecular weight excluding hydrogens is 398 g/mol. The van der Waals surface area contributed by atoms with E-state index in [1.807, 2.05) is 0 Å². The van der Waals surface area contributed by atoms with Crippen LogP contribution < -0.4 is 0 Å². The molecule has 1 atom stereocenters. The molecule has 166 valence electrons. The third-order valence-electron chi connectivity index (χ3n) is 6.68. The molecule has 28 heavy (non-hydrogen) atoms. The third-order valence-corrected chi connectivity index (χ3v) is 10.3. The van der Waals surface area contributed by atoms with Crippen molar-refractivity contribution in [2.75, 3.05) is 45.2 Å². The van der Waals surface area contributed by atoms with Gasteiger partial charge in [-0.15, -0.1) is 0 Å². The quantitative estimate of drug-likeness (QED) is 0.571. The van der Waals surface area contributed by atoms with Crippen LogP contribution in [0.2, 0.25) is 0 Å². The van der Waals surface area contributed by atoms with Crippen molar-refractivity contribution in [3.8, 4) is 0 Å². The lowest BCUT2D eigenvalue weighted by Gasteiger charge is -2.38. The number of likely N-dealkylation sites (tertiary alicyclic amines) is 2. The van der Waals surface area contributed by atoms with Crippen LogP contribution in [0.25, 0.3) is 0 Å². The molecule has 0 N–H and O–H groups in total. The van der Waals surface area contributed by atoms with Crippen LogP contribution in [0, 0.1) is 0 Å². The van der Waals surface area contributed by atoms with E-state index in [-0.39, 0.29) is 23.1 Å². The smallest absolute Gasteiger partial charge is 0.214 e. The summed E-state index contributed by atoms with van der Waals surface area (Å²) >= 11 is 0. The average Bonchev–Trinajstić information content (AvgIpc) is 2.65. The zero-order valence-electron chi connectivity index (χ0n) is 18.2. The predicted octanol–water partition coefficient (Wildman–Crippen LogP) is 1.41. The van der Waals surface area contributed by atoms with Gasteiger partial charge in [0.2, 0.25) is 10.0 Å². The number of nitrogens with zero attached hydrogens (tertiary/aromatic N) is 3. The van der Waals surface area contributed by atoms with Crippen molar-refractivity contribution in [3.63, 3.8) is 0 Å². The Bertz CT molecular complexity index is 693. The summed E-state index contributed by atoms with van der Waals surface area (Å²) in [5, 5.41) is -0.248. The highest BCUT2D eigenvalue weighted by Crippen LogP contribution is 2.22. The molecule has 2 heterocycles. The molecule has 2 fully saturated rings. The first-order valence-electron chi connectivity index (χ1n) is 10.5. The van der Waals surface area contributed by atoms with E-state index in [0.717, 1.165) is 39.0 Å². The highest BCUT2D eigenvalue weighted by Gasteiger charge is 2.32. The zero-order chi connectivity index (χ0) is 21.1. The molecule has 2 saturated heterocycles. The van der Waals surface area contributed by atoms with E-state index in [2.05, 4.69) is 30.6 Å². The van der Waals surface area contributed by atoms with Crippen molar-refractivity contribution in [1.82, 2.24) is 14.1 Å². The number of rotatable bonds is 8. The molecule has 0 saturated carbocycles. The van der Waals surface area contributed by atoms with Crippen molar-refractivity contribution in [1.29, 1.82) is 0 Å². The molecule has 2 aliphatic heterocycles. The van der Waals surface area contributed by atoms with Crippen molar-refractivity contribution in [3.05, 3.63) is 0 Å². The first kappa shape index (κ1) is 24.1. The van der Waals surface area contributed by atoms with Crippen LogP contribution in [-0.4, -0.2) is 99.6 Å². The van der Waals surface area contributed by atoms with Crippen LogP contribution in [0.3, 0.4) is 0 Å². The van der Waals surface area contributed by atoms with Gasteiger partial charge in [-0.25, -0.2) is 21.1 Å². The first-order chi connectivity index (χ1) is 12.9. The minimum Gasteiger partial charge on any atom is -0.301 e. The monoisotopic (exact) mass is 437 g/mol. The van der Waals surface area contributed by atoms with Crippen molar-refractivity contribution in [2.24, 2.45) is 0 Å². The van der Waals surface area contributed by atoms with E-state index in [4.69, 9.17) is 0 Å². The number of hydrogen-bond donors (Lipinski definition) is 0. The van der Waals surface area contributed by atoms with Gasteiger partial charge in [-0.2, -0.15) is 0 Å². The van der Waals surface area contributed by atoms with E-state index in [9.17, 15) is 16.8 Å². The van der Waals surface area contributed by atoms with E-state index in [1.165, 1.54) is 6.26 Å². The number of sulfonamides is 1. The summed E-state index contributed by atoms with van der Waals surface area (Å²) in [5.41, 5.74) is 0. The van der Waals surface area contributed by atoms with E-state index < -0.39 is 19.9 Å². The number of hydrogen-bond acceptors (Lipinski definition) is 6. The minimum absolute atomic E-state index is 0.0980. The molecule has 0 aromatic carbocycles. The maximum absolute atomic E-state index is 12.8. The van der Waals surface area contributed by atoms with E-state index in [1.54, 1.807) is 11.4 Å². The largest absolute Gasteiger partial charge is 0.301 e. The number of piperidine rings is 2. The lowest BCUT2D eigenvalue weighted by Crippen LogP contribution is -2.48. The van der Waals surface area contributed by atoms with Crippen LogP contribution >= 0.6 is 0 Å². The van der Waals surface area contributed by atoms with Gasteiger partial charge in [-0.3, -0.25) is 0 Å². The topological polar surface area (TPSA) is 78.0 Å². The fourth-order valence-electron chi connectivity index (χ4n) is 4.38. The molecule has 0 aromatic heterocycles. The second kappa shape index (κ2) is 9.73. The summed E-state index contributed by atoms with van der Waals surface area (Å²) < 4.78 is 50.7.